The third-order valence-electron chi connectivity index (χ3n) is 5.51. The Bertz CT molecular complexity index is 825. The smallest absolute Gasteiger partial charge is 0.250 e. The van der Waals surface area contributed by atoms with Crippen LogP contribution in [0.4, 0.5) is 0 Å². The molecule has 2 aliphatic heterocycles. The number of rotatable bonds is 4. The average molecular weight is 369 g/mol. The number of carbonyl (C=O) groups excluding carboxylic acids is 2. The van der Waals surface area contributed by atoms with E-state index < -0.39 is 5.72 Å². The molecule has 0 unspecified atom stereocenters. The second-order valence-corrected chi connectivity index (χ2v) is 7.05. The molecule has 2 fully saturated rings. The number of nitrogens with zero attached hydrogens (tertiary/aromatic N) is 3. The number of ether oxygens (including phenoxy) is 1. The minimum Gasteiger partial charge on any atom is -0.441 e. The normalized spacial score (nSPS) is 19.1. The molecule has 1 aromatic carbocycles. The Labute approximate surface area is 157 Å². The lowest BCUT2D eigenvalue weighted by Gasteiger charge is -2.42. The summed E-state index contributed by atoms with van der Waals surface area (Å²) in [5, 5.41) is 0. The molecule has 3 heterocycles. The van der Waals surface area contributed by atoms with Crippen LogP contribution < -0.4 is 0 Å². The fourth-order valence-electron chi connectivity index (χ4n) is 3.74. The third-order valence-corrected chi connectivity index (χ3v) is 5.51. The molecule has 2 aromatic rings. The Hall–Kier alpha value is -2.67. The van der Waals surface area contributed by atoms with E-state index in [4.69, 9.17) is 9.15 Å². The van der Waals surface area contributed by atoms with Gasteiger partial charge in [-0.25, -0.2) is 4.98 Å². The number of amides is 2. The highest BCUT2D eigenvalue weighted by molar-refractivity contribution is 5.80. The van der Waals surface area contributed by atoms with Gasteiger partial charge in [-0.05, 0) is 0 Å². The molecule has 142 valence electrons. The Morgan fingerprint density at radius 3 is 2.63 bits per heavy atom. The highest BCUT2D eigenvalue weighted by atomic mass is 16.5. The van der Waals surface area contributed by atoms with Crippen molar-refractivity contribution in [1.29, 1.82) is 0 Å². The lowest BCUT2D eigenvalue weighted by Crippen LogP contribution is -2.53. The number of likely N-dealkylation sites (N-methyl/N-ethyl adjacent to an activating group) is 1. The molecule has 7 heteroatoms. The fraction of sp³-hybridized carbons (Fsp3) is 0.450. The molecular formula is C20H23N3O4. The number of oxazole rings is 1. The molecular weight excluding hydrogens is 346 g/mol. The number of aromatic nitrogens is 1. The van der Waals surface area contributed by atoms with Crippen molar-refractivity contribution in [2.24, 2.45) is 0 Å². The van der Waals surface area contributed by atoms with E-state index in [9.17, 15) is 9.59 Å². The standard InChI is InChI=1S/C20H23N3O4/c1-22-19(25)14-26-20(22)9-11-23(12-10-20)18(24)8-7-17-21-13-16(27-17)15-5-3-2-4-6-15/h2-6,13H,7-12,14H2,1H3. The van der Waals surface area contributed by atoms with Gasteiger partial charge in [0.25, 0.3) is 5.91 Å². The van der Waals surface area contributed by atoms with Crippen LogP contribution in [0.2, 0.25) is 0 Å². The number of hydrogen-bond acceptors (Lipinski definition) is 5. The monoisotopic (exact) mass is 369 g/mol. The summed E-state index contributed by atoms with van der Waals surface area (Å²) < 4.78 is 11.5. The Morgan fingerprint density at radius 1 is 1.22 bits per heavy atom. The first-order chi connectivity index (χ1) is 13.1. The molecule has 0 saturated carbocycles. The minimum absolute atomic E-state index is 0.00731. The highest BCUT2D eigenvalue weighted by Crippen LogP contribution is 2.33. The maximum Gasteiger partial charge on any atom is 0.250 e. The van der Waals surface area contributed by atoms with Crippen molar-refractivity contribution < 1.29 is 18.7 Å². The number of benzene rings is 1. The molecule has 0 radical (unpaired) electrons. The van der Waals surface area contributed by atoms with Crippen molar-refractivity contribution in [1.82, 2.24) is 14.8 Å². The third kappa shape index (κ3) is 3.47. The predicted molar refractivity (Wildman–Crippen MR) is 97.5 cm³/mol. The van der Waals surface area contributed by atoms with Crippen molar-refractivity contribution >= 4 is 11.8 Å². The van der Waals surface area contributed by atoms with Crippen molar-refractivity contribution in [2.45, 2.75) is 31.4 Å². The van der Waals surface area contributed by atoms with Crippen molar-refractivity contribution in [2.75, 3.05) is 26.7 Å². The van der Waals surface area contributed by atoms with Crippen LogP contribution >= 0.6 is 0 Å². The zero-order chi connectivity index (χ0) is 18.9. The van der Waals surface area contributed by atoms with Gasteiger partial charge in [0.05, 0.1) is 6.20 Å². The number of likely N-dealkylation sites (tertiary alicyclic amines) is 1. The first kappa shape index (κ1) is 17.7. The van der Waals surface area contributed by atoms with Crippen LogP contribution in [0.5, 0.6) is 0 Å². The van der Waals surface area contributed by atoms with Crippen LogP contribution in [-0.2, 0) is 20.7 Å². The van der Waals surface area contributed by atoms with Crippen LogP contribution in [0.3, 0.4) is 0 Å². The van der Waals surface area contributed by atoms with Crippen molar-refractivity contribution in [3.05, 3.63) is 42.4 Å². The topological polar surface area (TPSA) is 75.9 Å². The molecule has 0 bridgehead atoms. The largest absolute Gasteiger partial charge is 0.441 e. The number of hydrogen-bond donors (Lipinski definition) is 0. The molecule has 0 N–H and O–H groups in total. The Kier molecular flexibility index (Phi) is 4.70. The lowest BCUT2D eigenvalue weighted by molar-refractivity contribution is -0.146. The van der Waals surface area contributed by atoms with Crippen LogP contribution in [0.15, 0.2) is 40.9 Å². The first-order valence-electron chi connectivity index (χ1n) is 9.26. The van der Waals surface area contributed by atoms with E-state index in [1.807, 2.05) is 35.2 Å². The summed E-state index contributed by atoms with van der Waals surface area (Å²) >= 11 is 0. The molecule has 2 amide bonds. The zero-order valence-electron chi connectivity index (χ0n) is 15.4. The quantitative estimate of drug-likeness (QED) is 0.825. The van der Waals surface area contributed by atoms with Gasteiger partial charge in [0.1, 0.15) is 12.3 Å². The summed E-state index contributed by atoms with van der Waals surface area (Å²) in [5.41, 5.74) is 0.445. The molecule has 27 heavy (non-hydrogen) atoms. The maximum absolute atomic E-state index is 12.5. The molecule has 1 spiro atoms. The van der Waals surface area contributed by atoms with E-state index in [0.29, 0.717) is 50.4 Å². The van der Waals surface area contributed by atoms with Gasteiger partial charge in [-0.15, -0.1) is 0 Å². The van der Waals surface area contributed by atoms with Gasteiger partial charge < -0.3 is 19.0 Å². The second-order valence-electron chi connectivity index (χ2n) is 7.05. The number of aryl methyl sites for hydroxylation is 1. The molecule has 0 atom stereocenters. The van der Waals surface area contributed by atoms with E-state index in [1.54, 1.807) is 18.1 Å². The van der Waals surface area contributed by atoms with Gasteiger partial charge in [-0.1, -0.05) is 30.3 Å². The molecule has 2 aliphatic rings. The van der Waals surface area contributed by atoms with E-state index in [2.05, 4.69) is 4.98 Å². The van der Waals surface area contributed by atoms with Gasteiger partial charge in [0, 0.05) is 51.4 Å². The van der Waals surface area contributed by atoms with Gasteiger partial charge in [0.15, 0.2) is 11.7 Å². The SMILES string of the molecule is CN1C(=O)COC12CCN(C(=O)CCc1ncc(-c3ccccc3)o1)CC2. The van der Waals surface area contributed by atoms with Crippen LogP contribution in [0.25, 0.3) is 11.3 Å². The predicted octanol–water partition coefficient (Wildman–Crippen LogP) is 2.08. The fourth-order valence-corrected chi connectivity index (χ4v) is 3.74. The van der Waals surface area contributed by atoms with Gasteiger partial charge in [0.2, 0.25) is 5.91 Å². The Morgan fingerprint density at radius 2 is 1.96 bits per heavy atom. The summed E-state index contributed by atoms with van der Waals surface area (Å²) in [4.78, 5) is 32.1. The minimum atomic E-state index is -0.527. The van der Waals surface area contributed by atoms with E-state index in [0.717, 1.165) is 5.56 Å². The number of piperidine rings is 1. The summed E-state index contributed by atoms with van der Waals surface area (Å²) in [6, 6.07) is 9.77. The number of carbonyl (C=O) groups is 2. The van der Waals surface area contributed by atoms with Crippen LogP contribution in [0, 0.1) is 0 Å². The second kappa shape index (κ2) is 7.15. The molecule has 0 aliphatic carbocycles. The van der Waals surface area contributed by atoms with Gasteiger partial charge in [-0.2, -0.15) is 0 Å². The first-order valence-corrected chi connectivity index (χ1v) is 9.26. The van der Waals surface area contributed by atoms with Crippen LogP contribution in [-0.4, -0.2) is 59.1 Å². The van der Waals surface area contributed by atoms with E-state index in [1.165, 1.54) is 0 Å². The van der Waals surface area contributed by atoms with Gasteiger partial charge >= 0.3 is 0 Å². The molecule has 1 aromatic heterocycles. The van der Waals surface area contributed by atoms with Gasteiger partial charge in [-0.3, -0.25) is 9.59 Å². The maximum atomic E-state index is 12.5. The molecule has 2 saturated heterocycles. The summed E-state index contributed by atoms with van der Waals surface area (Å²) in [7, 11) is 1.78. The zero-order valence-corrected chi connectivity index (χ0v) is 15.4. The summed E-state index contributed by atoms with van der Waals surface area (Å²) in [6.07, 6.45) is 3.83. The van der Waals surface area contributed by atoms with E-state index in [-0.39, 0.29) is 18.4 Å². The highest BCUT2D eigenvalue weighted by Gasteiger charge is 2.46. The van der Waals surface area contributed by atoms with Crippen LogP contribution in [0.1, 0.15) is 25.2 Å². The molecule has 4 rings (SSSR count). The molecule has 7 nitrogen and oxygen atoms in total. The summed E-state index contributed by atoms with van der Waals surface area (Å²) in [5.74, 6) is 1.37. The lowest BCUT2D eigenvalue weighted by atomic mass is 9.99. The van der Waals surface area contributed by atoms with E-state index >= 15 is 0 Å². The van der Waals surface area contributed by atoms with Crippen molar-refractivity contribution in [3.8, 4) is 11.3 Å². The Balaban J connectivity index is 1.29. The van der Waals surface area contributed by atoms with Crippen molar-refractivity contribution in [3.63, 3.8) is 0 Å². The average Bonchev–Trinajstić information content (AvgIpc) is 3.29. The summed E-state index contributed by atoms with van der Waals surface area (Å²) in [6.45, 7) is 1.33.